The van der Waals surface area contributed by atoms with Crippen LogP contribution in [-0.4, -0.2) is 47.9 Å². The third-order valence-electron chi connectivity index (χ3n) is 4.68. The summed E-state index contributed by atoms with van der Waals surface area (Å²) in [6, 6.07) is 12.1. The van der Waals surface area contributed by atoms with Crippen molar-refractivity contribution in [3.63, 3.8) is 0 Å². The third kappa shape index (κ3) is 4.42. The molecule has 1 aromatic carbocycles. The van der Waals surface area contributed by atoms with Crippen LogP contribution in [0.3, 0.4) is 0 Å². The molecule has 1 aromatic heterocycles. The van der Waals surface area contributed by atoms with Crippen molar-refractivity contribution in [1.82, 2.24) is 4.90 Å². The topological polar surface area (TPSA) is 66.9 Å². The minimum absolute atomic E-state index is 0.0722. The van der Waals surface area contributed by atoms with Crippen molar-refractivity contribution >= 4 is 34.8 Å². The molecule has 1 atom stereocenters. The molecule has 1 aliphatic heterocycles. The Morgan fingerprint density at radius 3 is 2.57 bits per heavy atom. The molecule has 28 heavy (non-hydrogen) atoms. The average Bonchev–Trinajstić information content (AvgIpc) is 3.38. The molecule has 0 spiro atoms. The van der Waals surface area contributed by atoms with Crippen LogP contribution in [0.15, 0.2) is 47.8 Å². The first-order valence-corrected chi connectivity index (χ1v) is 10.2. The van der Waals surface area contributed by atoms with E-state index in [1.165, 1.54) is 11.3 Å². The van der Waals surface area contributed by atoms with Gasteiger partial charge in [-0.1, -0.05) is 24.3 Å². The Morgan fingerprint density at radius 1 is 1.18 bits per heavy atom. The second kappa shape index (κ2) is 9.01. The normalized spacial score (nSPS) is 16.2. The molecule has 0 aliphatic carbocycles. The van der Waals surface area contributed by atoms with Gasteiger partial charge >= 0.3 is 5.97 Å². The maximum Gasteiger partial charge on any atom is 0.329 e. The van der Waals surface area contributed by atoms with Gasteiger partial charge in [-0.2, -0.15) is 0 Å². The van der Waals surface area contributed by atoms with Gasteiger partial charge in [0, 0.05) is 18.3 Å². The van der Waals surface area contributed by atoms with Gasteiger partial charge in [0.25, 0.3) is 11.8 Å². The first-order chi connectivity index (χ1) is 13.5. The lowest BCUT2D eigenvalue weighted by Crippen LogP contribution is -2.44. The first kappa shape index (κ1) is 20.1. The summed E-state index contributed by atoms with van der Waals surface area (Å²) in [4.78, 5) is 41.6. The summed E-state index contributed by atoms with van der Waals surface area (Å²) in [7, 11) is 0. The zero-order chi connectivity index (χ0) is 20.1. The molecule has 2 aromatic rings. The fraction of sp³-hybridized carbons (Fsp3) is 0.381. The summed E-state index contributed by atoms with van der Waals surface area (Å²) in [5.41, 5.74) is 0.758. The predicted octanol–water partition coefficient (Wildman–Crippen LogP) is 3.34. The quantitative estimate of drug-likeness (QED) is 0.698. The Balaban J connectivity index is 1.62. The second-order valence-corrected chi connectivity index (χ2v) is 7.88. The molecule has 6 nitrogen and oxygen atoms in total. The molecule has 7 heteroatoms. The van der Waals surface area contributed by atoms with Crippen LogP contribution in [0, 0.1) is 0 Å². The van der Waals surface area contributed by atoms with Crippen molar-refractivity contribution in [2.24, 2.45) is 0 Å². The molecule has 1 fully saturated rings. The van der Waals surface area contributed by atoms with Gasteiger partial charge in [0.05, 0.1) is 4.88 Å². The third-order valence-corrected chi connectivity index (χ3v) is 5.53. The second-order valence-electron chi connectivity index (χ2n) is 6.93. The molecule has 1 saturated heterocycles. The van der Waals surface area contributed by atoms with Crippen LogP contribution >= 0.6 is 11.3 Å². The van der Waals surface area contributed by atoms with Crippen molar-refractivity contribution in [2.75, 3.05) is 18.1 Å². The Labute approximate surface area is 168 Å². The number of hydrogen-bond donors (Lipinski definition) is 0. The fourth-order valence-corrected chi connectivity index (χ4v) is 4.09. The van der Waals surface area contributed by atoms with E-state index in [9.17, 15) is 14.4 Å². The molecular weight excluding hydrogens is 376 g/mol. The highest BCUT2D eigenvalue weighted by molar-refractivity contribution is 7.12. The highest BCUT2D eigenvalue weighted by Gasteiger charge is 2.36. The Kier molecular flexibility index (Phi) is 6.46. The lowest BCUT2D eigenvalue weighted by molar-refractivity contribution is -0.151. The number of rotatable bonds is 6. The van der Waals surface area contributed by atoms with E-state index >= 15 is 0 Å². The summed E-state index contributed by atoms with van der Waals surface area (Å²) in [5.74, 6) is -0.968. The number of thiophene rings is 1. The average molecular weight is 400 g/mol. The molecule has 2 amide bonds. The van der Waals surface area contributed by atoms with Crippen LogP contribution in [0.5, 0.6) is 0 Å². The van der Waals surface area contributed by atoms with E-state index in [0.717, 1.165) is 12.1 Å². The van der Waals surface area contributed by atoms with E-state index in [0.29, 0.717) is 17.8 Å². The fourth-order valence-electron chi connectivity index (χ4n) is 3.41. The monoisotopic (exact) mass is 400 g/mol. The van der Waals surface area contributed by atoms with Crippen LogP contribution in [0.4, 0.5) is 5.69 Å². The number of nitrogens with zero attached hydrogens (tertiary/aromatic N) is 2. The Bertz CT molecular complexity index is 820. The minimum Gasteiger partial charge on any atom is -0.454 e. The van der Waals surface area contributed by atoms with Gasteiger partial charge in [-0.15, -0.1) is 11.3 Å². The summed E-state index contributed by atoms with van der Waals surface area (Å²) >= 11 is 1.35. The number of anilines is 1. The number of benzene rings is 1. The lowest BCUT2D eigenvalue weighted by Gasteiger charge is -2.27. The highest BCUT2D eigenvalue weighted by Crippen LogP contribution is 2.23. The molecule has 1 aliphatic rings. The first-order valence-electron chi connectivity index (χ1n) is 9.37. The van der Waals surface area contributed by atoms with Crippen molar-refractivity contribution < 1.29 is 19.1 Å². The van der Waals surface area contributed by atoms with E-state index < -0.39 is 12.0 Å². The molecule has 0 unspecified atom stereocenters. The van der Waals surface area contributed by atoms with Gasteiger partial charge in [0.15, 0.2) is 6.61 Å². The number of para-hydroxylation sites is 1. The zero-order valence-electron chi connectivity index (χ0n) is 16.0. The van der Waals surface area contributed by atoms with Crippen molar-refractivity contribution in [3.05, 3.63) is 52.7 Å². The van der Waals surface area contributed by atoms with E-state index in [4.69, 9.17) is 4.74 Å². The summed E-state index contributed by atoms with van der Waals surface area (Å²) in [6.07, 6.45) is 1.30. The summed E-state index contributed by atoms with van der Waals surface area (Å²) in [6.45, 7) is 3.99. The zero-order valence-corrected chi connectivity index (χ0v) is 16.9. The lowest BCUT2D eigenvalue weighted by atomic mass is 10.2. The maximum absolute atomic E-state index is 12.7. The van der Waals surface area contributed by atoms with Crippen LogP contribution in [0.2, 0.25) is 0 Å². The van der Waals surface area contributed by atoms with E-state index in [-0.39, 0.29) is 24.5 Å². The molecule has 3 rings (SSSR count). The van der Waals surface area contributed by atoms with E-state index in [1.807, 2.05) is 55.6 Å². The summed E-state index contributed by atoms with van der Waals surface area (Å²) in [5, 5.41) is 1.83. The smallest absolute Gasteiger partial charge is 0.329 e. The Morgan fingerprint density at radius 2 is 1.93 bits per heavy atom. The number of hydrogen-bond acceptors (Lipinski definition) is 5. The predicted molar refractivity (Wildman–Crippen MR) is 108 cm³/mol. The largest absolute Gasteiger partial charge is 0.454 e. The van der Waals surface area contributed by atoms with Crippen molar-refractivity contribution in [2.45, 2.75) is 38.8 Å². The van der Waals surface area contributed by atoms with E-state index in [2.05, 4.69) is 0 Å². The van der Waals surface area contributed by atoms with Gasteiger partial charge in [-0.25, -0.2) is 4.79 Å². The maximum atomic E-state index is 12.7. The molecule has 0 N–H and O–H groups in total. The number of amides is 2. The number of ether oxygens (including phenoxy) is 1. The molecular formula is C21H24N2O4S. The van der Waals surface area contributed by atoms with Crippen LogP contribution < -0.4 is 4.90 Å². The van der Waals surface area contributed by atoms with Crippen LogP contribution in [0.1, 0.15) is 36.4 Å². The van der Waals surface area contributed by atoms with Gasteiger partial charge < -0.3 is 14.5 Å². The number of carbonyl (C=O) groups excluding carboxylic acids is 3. The van der Waals surface area contributed by atoms with Gasteiger partial charge in [0.2, 0.25) is 0 Å². The van der Waals surface area contributed by atoms with Crippen molar-refractivity contribution in [1.29, 1.82) is 0 Å². The number of likely N-dealkylation sites (tertiary alicyclic amines) is 1. The highest BCUT2D eigenvalue weighted by atomic mass is 32.1. The Hall–Kier alpha value is -2.67. The van der Waals surface area contributed by atoms with Gasteiger partial charge in [0.1, 0.15) is 6.04 Å². The number of esters is 1. The molecule has 2 heterocycles. The minimum atomic E-state index is -0.633. The standard InChI is InChI=1S/C21H24N2O4S/c1-15(2)23(16-8-4-3-5-9-16)19(24)14-27-21(26)17-10-6-12-22(17)20(25)18-11-7-13-28-18/h3-5,7-9,11,13,15,17H,6,10,12,14H2,1-2H3/t17-/m1/s1. The van der Waals surface area contributed by atoms with Crippen LogP contribution in [0.25, 0.3) is 0 Å². The van der Waals surface area contributed by atoms with Crippen LogP contribution in [-0.2, 0) is 14.3 Å². The summed E-state index contributed by atoms with van der Waals surface area (Å²) < 4.78 is 5.32. The van der Waals surface area contributed by atoms with Gasteiger partial charge in [-0.3, -0.25) is 9.59 Å². The molecule has 0 bridgehead atoms. The van der Waals surface area contributed by atoms with Crippen molar-refractivity contribution in [3.8, 4) is 0 Å². The molecule has 0 radical (unpaired) electrons. The molecule has 0 saturated carbocycles. The van der Waals surface area contributed by atoms with Gasteiger partial charge in [-0.05, 0) is 50.3 Å². The van der Waals surface area contributed by atoms with E-state index in [1.54, 1.807) is 15.9 Å². The SMILES string of the molecule is CC(C)N(C(=O)COC(=O)[C@H]1CCCN1C(=O)c1cccs1)c1ccccc1. The molecule has 148 valence electrons. The number of carbonyl (C=O) groups is 3.